The average Bonchev–Trinajstić information content (AvgIpc) is 1.14. The van der Waals surface area contributed by atoms with E-state index in [1.165, 1.54) is 0 Å². The molecule has 1 atom stereocenters. The van der Waals surface area contributed by atoms with E-state index in [0.29, 0.717) is 0 Å². The lowest BCUT2D eigenvalue weighted by molar-refractivity contribution is -0.194. The molecule has 3 N–H and O–H groups in total. The molecule has 9 heteroatoms. The van der Waals surface area contributed by atoms with Gasteiger partial charge < -0.3 is 19.6 Å². The van der Waals surface area contributed by atoms with Crippen LogP contribution in [0.3, 0.4) is 0 Å². The van der Waals surface area contributed by atoms with Crippen molar-refractivity contribution < 1.29 is 28.4 Å². The summed E-state index contributed by atoms with van der Waals surface area (Å²) in [6, 6.07) is 0. The van der Waals surface area contributed by atoms with E-state index < -0.39 is 14.5 Å². The van der Waals surface area contributed by atoms with Crippen LogP contribution in [0.4, 0.5) is 0 Å². The number of hydrogen-bond acceptors (Lipinski definition) is 4. The van der Waals surface area contributed by atoms with E-state index in [1.54, 1.807) is 0 Å². The Labute approximate surface area is 55.6 Å². The molecule has 0 saturated carbocycles. The van der Waals surface area contributed by atoms with E-state index >= 15 is 0 Å². The molecule has 0 aromatic carbocycles. The van der Waals surface area contributed by atoms with E-state index in [9.17, 15) is 9.46 Å². The molecule has 0 aliphatic carbocycles. The van der Waals surface area contributed by atoms with Gasteiger partial charge in [0.15, 0.2) is 0 Å². The highest BCUT2D eigenvalue weighted by molar-refractivity contribution is 8.07. The van der Waals surface area contributed by atoms with Gasteiger partial charge in [0.1, 0.15) is 6.72 Å². The Morgan fingerprint density at radius 2 is 1.78 bits per heavy atom. The zero-order valence-electron chi connectivity index (χ0n) is 3.87. The third kappa shape index (κ3) is 8.68. The number of rotatable bonds is 2. The second-order valence-electron chi connectivity index (χ2n) is 1.04. The summed E-state index contributed by atoms with van der Waals surface area (Å²) in [6.07, 6.45) is 0. The fourth-order valence-electron chi connectivity index (χ4n) is 0.134. The molecule has 0 aromatic rings. The molecule has 56 valence electrons. The summed E-state index contributed by atoms with van der Waals surface area (Å²) >= 11 is 3.63. The standard InChI is InChI=1S/H4O6P2S/c1-7(2,3)6-8(4,5)9/h(H2,1,2,3)(H2,4,5,9)/p-1. The monoisotopic (exact) mass is 193 g/mol. The molecule has 0 bridgehead atoms. The molecular formula is H3O6P2S-. The largest absolute Gasteiger partial charge is 0.779 e. The van der Waals surface area contributed by atoms with Gasteiger partial charge in [-0.1, -0.05) is 11.8 Å². The molecule has 0 fully saturated rings. The first-order chi connectivity index (χ1) is 3.71. The Balaban J connectivity index is 4.07. The Morgan fingerprint density at radius 3 is 1.78 bits per heavy atom. The van der Waals surface area contributed by atoms with Gasteiger partial charge in [0.2, 0.25) is 0 Å². The number of phosphoric acid groups is 1. The smallest absolute Gasteiger partial charge is 0.474 e. The SMILES string of the molecule is O=P(O)(O)OP([O-])(O)=S. The van der Waals surface area contributed by atoms with Crippen LogP contribution in [0.15, 0.2) is 0 Å². The first kappa shape index (κ1) is 9.68. The second-order valence-corrected chi connectivity index (χ2v) is 5.00. The molecule has 0 radical (unpaired) electrons. The third-order valence-corrected chi connectivity index (χ3v) is 2.49. The normalized spacial score (nSPS) is 19.1. The Bertz CT molecular complexity index is 151. The molecule has 9 heavy (non-hydrogen) atoms. The molecule has 6 nitrogen and oxygen atoms in total. The van der Waals surface area contributed by atoms with Crippen LogP contribution in [0.1, 0.15) is 0 Å². The predicted molar refractivity (Wildman–Crippen MR) is 29.6 cm³/mol. The third-order valence-electron chi connectivity index (χ3n) is 0.210. The maximum Gasteiger partial charge on any atom is 0.474 e. The molecule has 0 aromatic heterocycles. The van der Waals surface area contributed by atoms with Crippen molar-refractivity contribution in [2.24, 2.45) is 0 Å². The van der Waals surface area contributed by atoms with Crippen molar-refractivity contribution in [3.8, 4) is 0 Å². The minimum Gasteiger partial charge on any atom is -0.779 e. The van der Waals surface area contributed by atoms with Crippen molar-refractivity contribution in [2.45, 2.75) is 0 Å². The fourth-order valence-corrected chi connectivity index (χ4v) is 1.99. The molecule has 0 saturated heterocycles. The summed E-state index contributed by atoms with van der Waals surface area (Å²) < 4.78 is 12.9. The van der Waals surface area contributed by atoms with E-state index in [0.717, 1.165) is 0 Å². The molecule has 0 aliphatic heterocycles. The van der Waals surface area contributed by atoms with Crippen LogP contribution < -0.4 is 4.89 Å². The highest BCUT2D eigenvalue weighted by Gasteiger charge is 2.17. The lowest BCUT2D eigenvalue weighted by atomic mass is 15.7. The minimum absolute atomic E-state index is 3.22. The van der Waals surface area contributed by atoms with E-state index in [2.05, 4.69) is 16.1 Å². The summed E-state index contributed by atoms with van der Waals surface area (Å²) in [7, 11) is -4.90. The topological polar surface area (TPSA) is 110 Å². The molecule has 0 amide bonds. The summed E-state index contributed by atoms with van der Waals surface area (Å²) in [5.74, 6) is 0. The van der Waals surface area contributed by atoms with Gasteiger partial charge >= 0.3 is 7.82 Å². The molecule has 0 aliphatic rings. The lowest BCUT2D eigenvalue weighted by Crippen LogP contribution is -2.00. The van der Waals surface area contributed by atoms with Gasteiger partial charge in [-0.25, -0.2) is 8.88 Å². The van der Waals surface area contributed by atoms with E-state index in [-0.39, 0.29) is 0 Å². The average molecular weight is 193 g/mol. The van der Waals surface area contributed by atoms with Crippen LogP contribution in [-0.2, 0) is 20.7 Å². The lowest BCUT2D eigenvalue weighted by Gasteiger charge is -2.19. The zero-order valence-corrected chi connectivity index (χ0v) is 6.47. The Morgan fingerprint density at radius 1 is 1.44 bits per heavy atom. The quantitative estimate of drug-likeness (QED) is 0.466. The molecule has 1 unspecified atom stereocenters. The Hall–Kier alpha value is 0.680. The highest BCUT2D eigenvalue weighted by Crippen LogP contribution is 2.51. The summed E-state index contributed by atoms with van der Waals surface area (Å²) in [5.41, 5.74) is 0. The van der Waals surface area contributed by atoms with Gasteiger partial charge in [0, 0.05) is 0 Å². The van der Waals surface area contributed by atoms with Crippen molar-refractivity contribution >= 4 is 26.3 Å². The summed E-state index contributed by atoms with van der Waals surface area (Å²) in [6.45, 7) is -4.47. The van der Waals surface area contributed by atoms with Crippen LogP contribution in [0, 0.1) is 0 Å². The number of hydrogen-bond donors (Lipinski definition) is 3. The molecular weight excluding hydrogens is 190 g/mol. The first-order valence-electron chi connectivity index (χ1n) is 1.51. The predicted octanol–water partition coefficient (Wildman–Crippen LogP) is -1.33. The van der Waals surface area contributed by atoms with Gasteiger partial charge in [-0.3, -0.25) is 0 Å². The van der Waals surface area contributed by atoms with Gasteiger partial charge in [-0.15, -0.1) is 0 Å². The van der Waals surface area contributed by atoms with Crippen LogP contribution in [0.25, 0.3) is 0 Å². The van der Waals surface area contributed by atoms with Gasteiger partial charge in [-0.05, 0) is 0 Å². The maximum atomic E-state index is 9.89. The zero-order chi connectivity index (χ0) is 7.71. The van der Waals surface area contributed by atoms with E-state index in [4.69, 9.17) is 14.7 Å². The van der Waals surface area contributed by atoms with Crippen molar-refractivity contribution in [2.75, 3.05) is 0 Å². The maximum absolute atomic E-state index is 9.89. The molecule has 0 heterocycles. The summed E-state index contributed by atoms with van der Waals surface area (Å²) in [5, 5.41) is 0. The van der Waals surface area contributed by atoms with Gasteiger partial charge in [-0.2, -0.15) is 0 Å². The molecule has 0 rings (SSSR count). The van der Waals surface area contributed by atoms with Crippen molar-refractivity contribution in [1.82, 2.24) is 0 Å². The van der Waals surface area contributed by atoms with E-state index in [1.807, 2.05) is 0 Å². The van der Waals surface area contributed by atoms with Crippen LogP contribution in [0.5, 0.6) is 0 Å². The van der Waals surface area contributed by atoms with Crippen molar-refractivity contribution in [3.05, 3.63) is 0 Å². The first-order valence-corrected chi connectivity index (χ1v) is 5.63. The van der Waals surface area contributed by atoms with Crippen molar-refractivity contribution in [1.29, 1.82) is 0 Å². The Kier molecular flexibility index (Phi) is 2.94. The summed E-state index contributed by atoms with van der Waals surface area (Å²) in [4.78, 5) is 33.6. The second kappa shape index (κ2) is 2.74. The van der Waals surface area contributed by atoms with Crippen LogP contribution in [0.2, 0.25) is 0 Å². The van der Waals surface area contributed by atoms with Crippen LogP contribution >= 0.6 is 14.5 Å². The van der Waals surface area contributed by atoms with Crippen molar-refractivity contribution in [3.63, 3.8) is 0 Å². The van der Waals surface area contributed by atoms with Gasteiger partial charge in [0.05, 0.1) is 0 Å². The van der Waals surface area contributed by atoms with Crippen LogP contribution in [-0.4, -0.2) is 14.7 Å². The highest BCUT2D eigenvalue weighted by atomic mass is 32.5. The minimum atomic E-state index is -4.90. The fraction of sp³-hybridized carbons (Fsp3) is 0. The molecule has 0 spiro atoms. The van der Waals surface area contributed by atoms with Gasteiger partial charge in [0.25, 0.3) is 0 Å².